The lowest BCUT2D eigenvalue weighted by atomic mass is 10.1. The Hall–Kier alpha value is -3.74. The van der Waals surface area contributed by atoms with Crippen LogP contribution < -0.4 is 16.2 Å². The SMILES string of the molecule is CCNc1nc2nc3ccc(C)cn3c(=O)c2cc1C(=O)NCCc1ccccc1. The molecule has 7 nitrogen and oxygen atoms in total. The van der Waals surface area contributed by atoms with Crippen molar-refractivity contribution < 1.29 is 4.79 Å². The highest BCUT2D eigenvalue weighted by Crippen LogP contribution is 2.18. The number of nitrogens with one attached hydrogen (secondary N) is 2. The second-order valence-corrected chi connectivity index (χ2v) is 7.13. The highest BCUT2D eigenvalue weighted by atomic mass is 16.1. The van der Waals surface area contributed by atoms with Crippen molar-refractivity contribution in [2.75, 3.05) is 18.4 Å². The molecule has 2 N–H and O–H groups in total. The molecule has 4 aromatic rings. The zero-order valence-corrected chi connectivity index (χ0v) is 17.0. The fourth-order valence-electron chi connectivity index (χ4n) is 3.37. The fourth-order valence-corrected chi connectivity index (χ4v) is 3.37. The molecule has 7 heteroatoms. The average Bonchev–Trinajstić information content (AvgIpc) is 2.75. The van der Waals surface area contributed by atoms with E-state index < -0.39 is 0 Å². The van der Waals surface area contributed by atoms with Crippen LogP contribution in [0.5, 0.6) is 0 Å². The van der Waals surface area contributed by atoms with Gasteiger partial charge >= 0.3 is 0 Å². The Balaban J connectivity index is 1.70. The van der Waals surface area contributed by atoms with Crippen LogP contribution >= 0.6 is 0 Å². The molecular formula is C23H23N5O2. The molecule has 1 amide bonds. The van der Waals surface area contributed by atoms with E-state index >= 15 is 0 Å². The van der Waals surface area contributed by atoms with Crippen LogP contribution in [0.4, 0.5) is 5.82 Å². The Bertz CT molecular complexity index is 1280. The summed E-state index contributed by atoms with van der Waals surface area (Å²) in [7, 11) is 0. The van der Waals surface area contributed by atoms with Gasteiger partial charge in [0.25, 0.3) is 11.5 Å². The molecule has 30 heavy (non-hydrogen) atoms. The number of anilines is 1. The third kappa shape index (κ3) is 3.87. The molecule has 0 unspecified atom stereocenters. The van der Waals surface area contributed by atoms with E-state index in [1.807, 2.05) is 50.2 Å². The highest BCUT2D eigenvalue weighted by molar-refractivity contribution is 6.01. The van der Waals surface area contributed by atoms with Crippen LogP contribution in [0, 0.1) is 6.92 Å². The number of amides is 1. The lowest BCUT2D eigenvalue weighted by Gasteiger charge is -2.12. The second kappa shape index (κ2) is 8.32. The summed E-state index contributed by atoms with van der Waals surface area (Å²) in [4.78, 5) is 34.9. The van der Waals surface area contributed by atoms with Crippen molar-refractivity contribution >= 4 is 28.4 Å². The smallest absolute Gasteiger partial charge is 0.267 e. The van der Waals surface area contributed by atoms with E-state index in [0.29, 0.717) is 41.2 Å². The summed E-state index contributed by atoms with van der Waals surface area (Å²) in [6.07, 6.45) is 2.46. The van der Waals surface area contributed by atoms with E-state index in [4.69, 9.17) is 0 Å². The summed E-state index contributed by atoms with van der Waals surface area (Å²) in [5, 5.41) is 6.35. The fraction of sp³-hybridized carbons (Fsp3) is 0.217. The largest absolute Gasteiger partial charge is 0.370 e. The monoisotopic (exact) mass is 401 g/mol. The van der Waals surface area contributed by atoms with E-state index in [1.54, 1.807) is 18.3 Å². The number of aryl methyl sites for hydroxylation is 1. The van der Waals surface area contributed by atoms with E-state index in [0.717, 1.165) is 17.5 Å². The minimum Gasteiger partial charge on any atom is -0.370 e. The topological polar surface area (TPSA) is 88.4 Å². The summed E-state index contributed by atoms with van der Waals surface area (Å²) >= 11 is 0. The van der Waals surface area contributed by atoms with Gasteiger partial charge in [-0.1, -0.05) is 36.4 Å². The Morgan fingerprint density at radius 3 is 2.67 bits per heavy atom. The van der Waals surface area contributed by atoms with Gasteiger partial charge in [-0.3, -0.25) is 14.0 Å². The Morgan fingerprint density at radius 1 is 1.10 bits per heavy atom. The van der Waals surface area contributed by atoms with Crippen LogP contribution in [-0.4, -0.2) is 33.4 Å². The van der Waals surface area contributed by atoms with Crippen LogP contribution in [0.25, 0.3) is 16.7 Å². The minimum atomic E-state index is -0.273. The Kier molecular flexibility index (Phi) is 5.43. The van der Waals surface area contributed by atoms with Crippen molar-refractivity contribution in [3.8, 4) is 0 Å². The molecule has 0 aliphatic carbocycles. The Labute approximate surface area is 173 Å². The predicted molar refractivity (Wildman–Crippen MR) is 118 cm³/mol. The van der Waals surface area contributed by atoms with Crippen molar-refractivity contribution in [2.45, 2.75) is 20.3 Å². The number of aromatic nitrogens is 3. The van der Waals surface area contributed by atoms with E-state index in [-0.39, 0.29) is 11.5 Å². The summed E-state index contributed by atoms with van der Waals surface area (Å²) in [6.45, 7) is 4.91. The second-order valence-electron chi connectivity index (χ2n) is 7.13. The van der Waals surface area contributed by atoms with E-state index in [1.165, 1.54) is 4.40 Å². The van der Waals surface area contributed by atoms with Crippen molar-refractivity contribution in [1.29, 1.82) is 0 Å². The zero-order chi connectivity index (χ0) is 21.1. The first-order valence-corrected chi connectivity index (χ1v) is 9.96. The molecule has 0 saturated carbocycles. The summed E-state index contributed by atoms with van der Waals surface area (Å²) in [5.74, 6) is 0.149. The van der Waals surface area contributed by atoms with Gasteiger partial charge in [0.1, 0.15) is 11.5 Å². The first-order chi connectivity index (χ1) is 14.6. The molecule has 0 fully saturated rings. The Morgan fingerprint density at radius 2 is 1.90 bits per heavy atom. The van der Waals surface area contributed by atoms with Gasteiger partial charge in [0.15, 0.2) is 5.65 Å². The van der Waals surface area contributed by atoms with Crippen molar-refractivity contribution in [3.63, 3.8) is 0 Å². The number of carbonyl (C=O) groups is 1. The number of rotatable bonds is 6. The number of benzene rings is 1. The molecule has 0 saturated heterocycles. The standard InChI is InChI=1S/C23H23N5O2/c1-3-24-20-17(22(29)25-12-11-16-7-5-4-6-8-16)13-18-21(27-20)26-19-10-9-15(2)14-28(19)23(18)30/h4-10,13-14H,3,11-12H2,1-2H3,(H,24,27)(H,25,29). The normalized spacial score (nSPS) is 11.0. The third-order valence-corrected chi connectivity index (χ3v) is 4.88. The summed E-state index contributed by atoms with van der Waals surface area (Å²) in [5.41, 5.74) is 3.03. The summed E-state index contributed by atoms with van der Waals surface area (Å²) in [6, 6.07) is 15.2. The number of carbonyl (C=O) groups excluding carboxylic acids is 1. The number of pyridine rings is 2. The van der Waals surface area contributed by atoms with Crippen LogP contribution in [0.3, 0.4) is 0 Å². The lowest BCUT2D eigenvalue weighted by Crippen LogP contribution is -2.27. The minimum absolute atomic E-state index is 0.243. The van der Waals surface area contributed by atoms with Gasteiger partial charge < -0.3 is 10.6 Å². The van der Waals surface area contributed by atoms with Crippen molar-refractivity contribution in [3.05, 3.63) is 81.8 Å². The first kappa shape index (κ1) is 19.6. The number of nitrogens with zero attached hydrogens (tertiary/aromatic N) is 3. The molecule has 0 radical (unpaired) electrons. The molecule has 1 aromatic carbocycles. The molecule has 3 aromatic heterocycles. The van der Waals surface area contributed by atoms with Crippen molar-refractivity contribution in [2.24, 2.45) is 0 Å². The molecule has 0 aliphatic heterocycles. The van der Waals surface area contributed by atoms with Gasteiger partial charge in [-0.25, -0.2) is 9.97 Å². The van der Waals surface area contributed by atoms with Crippen LogP contribution in [0.15, 0.2) is 59.5 Å². The third-order valence-electron chi connectivity index (χ3n) is 4.88. The van der Waals surface area contributed by atoms with Crippen LogP contribution in [0.1, 0.15) is 28.4 Å². The lowest BCUT2D eigenvalue weighted by molar-refractivity contribution is 0.0955. The van der Waals surface area contributed by atoms with Gasteiger partial charge in [-0.05, 0) is 43.5 Å². The molecule has 0 atom stereocenters. The predicted octanol–water partition coefficient (Wildman–Crippen LogP) is 2.96. The van der Waals surface area contributed by atoms with Crippen molar-refractivity contribution in [1.82, 2.24) is 19.7 Å². The number of hydrogen-bond donors (Lipinski definition) is 2. The maximum atomic E-state index is 13.0. The molecule has 152 valence electrons. The number of hydrogen-bond acceptors (Lipinski definition) is 5. The van der Waals surface area contributed by atoms with E-state index in [9.17, 15) is 9.59 Å². The maximum absolute atomic E-state index is 13.0. The molecule has 0 bridgehead atoms. The van der Waals surface area contributed by atoms with Gasteiger partial charge in [0.05, 0.1) is 10.9 Å². The van der Waals surface area contributed by atoms with Gasteiger partial charge in [0.2, 0.25) is 0 Å². The van der Waals surface area contributed by atoms with Gasteiger partial charge in [-0.2, -0.15) is 0 Å². The first-order valence-electron chi connectivity index (χ1n) is 9.96. The van der Waals surface area contributed by atoms with Crippen LogP contribution in [0.2, 0.25) is 0 Å². The molecular weight excluding hydrogens is 378 g/mol. The van der Waals surface area contributed by atoms with E-state index in [2.05, 4.69) is 20.6 Å². The molecule has 0 spiro atoms. The van der Waals surface area contributed by atoms with Gasteiger partial charge in [-0.15, -0.1) is 0 Å². The summed E-state index contributed by atoms with van der Waals surface area (Å²) < 4.78 is 1.49. The van der Waals surface area contributed by atoms with Crippen LogP contribution in [-0.2, 0) is 6.42 Å². The molecule has 4 rings (SSSR count). The quantitative estimate of drug-likeness (QED) is 0.485. The highest BCUT2D eigenvalue weighted by Gasteiger charge is 2.17. The van der Waals surface area contributed by atoms with Gasteiger partial charge in [0, 0.05) is 19.3 Å². The number of fused-ring (bicyclic) bond motifs is 2. The molecule has 3 heterocycles. The average molecular weight is 401 g/mol. The maximum Gasteiger partial charge on any atom is 0.267 e. The molecule has 0 aliphatic rings. The zero-order valence-electron chi connectivity index (χ0n) is 17.0.